The first-order chi connectivity index (χ1) is 6.07. The predicted octanol–water partition coefficient (Wildman–Crippen LogP) is 2.13. The fraction of sp³-hybridized carbons (Fsp3) is 0.700. The summed E-state index contributed by atoms with van der Waals surface area (Å²) >= 11 is 0. The number of esters is 1. The Morgan fingerprint density at radius 3 is 2.54 bits per heavy atom. The smallest absolute Gasteiger partial charge is 0.336 e. The third-order valence-corrected chi connectivity index (χ3v) is 1.29. The Morgan fingerprint density at radius 1 is 1.46 bits per heavy atom. The van der Waals surface area contributed by atoms with E-state index in [1.165, 1.54) is 6.26 Å². The second kappa shape index (κ2) is 6.52. The second-order valence-electron chi connectivity index (χ2n) is 3.25. The third-order valence-electron chi connectivity index (χ3n) is 1.29. The Balaban J connectivity index is 3.80. The number of ether oxygens (including phenoxy) is 2. The highest BCUT2D eigenvalue weighted by Gasteiger charge is 2.04. The van der Waals surface area contributed by atoms with E-state index in [2.05, 4.69) is 0 Å². The molecular weight excluding hydrogens is 168 g/mol. The highest BCUT2D eigenvalue weighted by molar-refractivity contribution is 5.87. The van der Waals surface area contributed by atoms with Gasteiger partial charge in [-0.15, -0.1) is 0 Å². The SMILES string of the molecule is CCOC(=O)/C(C)=C/OCC(C)C. The van der Waals surface area contributed by atoms with Crippen molar-refractivity contribution in [2.24, 2.45) is 5.92 Å². The van der Waals surface area contributed by atoms with Gasteiger partial charge in [0.05, 0.1) is 25.0 Å². The van der Waals surface area contributed by atoms with Gasteiger partial charge in [-0.1, -0.05) is 13.8 Å². The summed E-state index contributed by atoms with van der Waals surface area (Å²) in [6, 6.07) is 0. The normalized spacial score (nSPS) is 11.6. The van der Waals surface area contributed by atoms with Gasteiger partial charge >= 0.3 is 5.97 Å². The molecule has 0 fully saturated rings. The number of rotatable bonds is 5. The van der Waals surface area contributed by atoms with Gasteiger partial charge in [0.1, 0.15) is 0 Å². The molecule has 0 atom stereocenters. The molecule has 0 heterocycles. The number of carbonyl (C=O) groups excluding carboxylic acids is 1. The molecule has 0 aliphatic heterocycles. The molecule has 3 nitrogen and oxygen atoms in total. The van der Waals surface area contributed by atoms with Crippen molar-refractivity contribution < 1.29 is 14.3 Å². The zero-order chi connectivity index (χ0) is 10.3. The molecule has 0 aromatic carbocycles. The Bertz CT molecular complexity index is 183. The summed E-state index contributed by atoms with van der Waals surface area (Å²) in [4.78, 5) is 11.0. The van der Waals surface area contributed by atoms with Crippen LogP contribution in [-0.2, 0) is 14.3 Å². The average Bonchev–Trinajstić information content (AvgIpc) is 2.04. The van der Waals surface area contributed by atoms with E-state index < -0.39 is 0 Å². The van der Waals surface area contributed by atoms with Gasteiger partial charge in [0.2, 0.25) is 0 Å². The molecule has 0 radical (unpaired) electrons. The summed E-state index contributed by atoms with van der Waals surface area (Å²) in [5, 5.41) is 0. The van der Waals surface area contributed by atoms with Crippen LogP contribution in [0.25, 0.3) is 0 Å². The fourth-order valence-electron chi connectivity index (χ4n) is 0.659. The van der Waals surface area contributed by atoms with Crippen molar-refractivity contribution in [3.05, 3.63) is 11.8 Å². The van der Waals surface area contributed by atoms with E-state index >= 15 is 0 Å². The van der Waals surface area contributed by atoms with Crippen LogP contribution in [0.4, 0.5) is 0 Å². The second-order valence-corrected chi connectivity index (χ2v) is 3.25. The molecule has 0 saturated carbocycles. The topological polar surface area (TPSA) is 35.5 Å². The minimum Gasteiger partial charge on any atom is -0.500 e. The molecule has 0 N–H and O–H groups in total. The minimum atomic E-state index is -0.314. The minimum absolute atomic E-state index is 0.314. The van der Waals surface area contributed by atoms with Crippen LogP contribution in [0.5, 0.6) is 0 Å². The van der Waals surface area contributed by atoms with Crippen molar-refractivity contribution in [2.75, 3.05) is 13.2 Å². The van der Waals surface area contributed by atoms with Gasteiger partial charge in [0.15, 0.2) is 0 Å². The zero-order valence-electron chi connectivity index (χ0n) is 8.79. The first kappa shape index (κ1) is 12.0. The summed E-state index contributed by atoms with van der Waals surface area (Å²) in [6.07, 6.45) is 1.46. The van der Waals surface area contributed by atoms with E-state index in [1.54, 1.807) is 13.8 Å². The summed E-state index contributed by atoms with van der Waals surface area (Å²) in [5.41, 5.74) is 0.502. The molecule has 76 valence electrons. The van der Waals surface area contributed by atoms with E-state index in [0.29, 0.717) is 24.7 Å². The lowest BCUT2D eigenvalue weighted by Crippen LogP contribution is -2.06. The molecule has 0 unspecified atom stereocenters. The molecule has 0 spiro atoms. The maximum absolute atomic E-state index is 11.0. The van der Waals surface area contributed by atoms with Gasteiger partial charge in [-0.2, -0.15) is 0 Å². The van der Waals surface area contributed by atoms with Crippen molar-refractivity contribution >= 4 is 5.97 Å². The van der Waals surface area contributed by atoms with Crippen molar-refractivity contribution in [2.45, 2.75) is 27.7 Å². The van der Waals surface area contributed by atoms with Gasteiger partial charge in [-0.05, 0) is 19.8 Å². The summed E-state index contributed by atoms with van der Waals surface area (Å²) in [6.45, 7) is 8.57. The van der Waals surface area contributed by atoms with Crippen LogP contribution >= 0.6 is 0 Å². The maximum Gasteiger partial charge on any atom is 0.336 e. The monoisotopic (exact) mass is 186 g/mol. The number of hydrogen-bond donors (Lipinski definition) is 0. The highest BCUT2D eigenvalue weighted by atomic mass is 16.5. The number of hydrogen-bond acceptors (Lipinski definition) is 3. The molecular formula is C10H18O3. The van der Waals surface area contributed by atoms with Crippen LogP contribution in [-0.4, -0.2) is 19.2 Å². The first-order valence-electron chi connectivity index (χ1n) is 4.53. The van der Waals surface area contributed by atoms with Gasteiger partial charge in [0.25, 0.3) is 0 Å². The molecule has 0 saturated heterocycles. The molecule has 13 heavy (non-hydrogen) atoms. The molecule has 0 aliphatic carbocycles. The Labute approximate surface area is 79.7 Å². The molecule has 0 aromatic heterocycles. The summed E-state index contributed by atoms with van der Waals surface area (Å²) in [7, 11) is 0. The average molecular weight is 186 g/mol. The van der Waals surface area contributed by atoms with Crippen LogP contribution in [0.1, 0.15) is 27.7 Å². The molecule has 0 aromatic rings. The standard InChI is InChI=1S/C10H18O3/c1-5-13-10(11)9(4)7-12-6-8(2)3/h7-8H,5-6H2,1-4H3/b9-7+. The van der Waals surface area contributed by atoms with Crippen LogP contribution in [0.2, 0.25) is 0 Å². The lowest BCUT2D eigenvalue weighted by molar-refractivity contribution is -0.138. The molecule has 0 amide bonds. The summed E-state index contributed by atoms with van der Waals surface area (Å²) < 4.78 is 9.94. The van der Waals surface area contributed by atoms with Crippen LogP contribution in [0.3, 0.4) is 0 Å². The highest BCUT2D eigenvalue weighted by Crippen LogP contribution is 1.99. The first-order valence-corrected chi connectivity index (χ1v) is 4.53. The maximum atomic E-state index is 11.0. The number of carbonyl (C=O) groups is 1. The van der Waals surface area contributed by atoms with Gasteiger partial charge in [-0.3, -0.25) is 0 Å². The molecule has 0 bridgehead atoms. The van der Waals surface area contributed by atoms with Crippen molar-refractivity contribution in [1.29, 1.82) is 0 Å². The van der Waals surface area contributed by atoms with Crippen LogP contribution < -0.4 is 0 Å². The molecule has 0 aliphatic rings. The van der Waals surface area contributed by atoms with E-state index in [1.807, 2.05) is 13.8 Å². The third kappa shape index (κ3) is 6.20. The molecule has 0 rings (SSSR count). The van der Waals surface area contributed by atoms with Crippen LogP contribution in [0.15, 0.2) is 11.8 Å². The Kier molecular flexibility index (Phi) is 6.02. The quantitative estimate of drug-likeness (QED) is 0.375. The summed E-state index contributed by atoms with van der Waals surface area (Å²) in [5.74, 6) is 0.150. The Morgan fingerprint density at radius 2 is 2.08 bits per heavy atom. The van der Waals surface area contributed by atoms with Crippen LogP contribution in [0, 0.1) is 5.92 Å². The lowest BCUT2D eigenvalue weighted by atomic mass is 10.2. The van der Waals surface area contributed by atoms with E-state index in [4.69, 9.17) is 9.47 Å². The Hall–Kier alpha value is -0.990. The van der Waals surface area contributed by atoms with Gasteiger partial charge in [0, 0.05) is 0 Å². The van der Waals surface area contributed by atoms with Crippen molar-refractivity contribution in [3.8, 4) is 0 Å². The predicted molar refractivity (Wildman–Crippen MR) is 51.2 cm³/mol. The largest absolute Gasteiger partial charge is 0.500 e. The fourth-order valence-corrected chi connectivity index (χ4v) is 0.659. The zero-order valence-corrected chi connectivity index (χ0v) is 8.79. The van der Waals surface area contributed by atoms with Gasteiger partial charge in [-0.25, -0.2) is 4.79 Å². The van der Waals surface area contributed by atoms with E-state index in [-0.39, 0.29) is 5.97 Å². The molecule has 3 heteroatoms. The van der Waals surface area contributed by atoms with E-state index in [0.717, 1.165) is 0 Å². The van der Waals surface area contributed by atoms with Gasteiger partial charge < -0.3 is 9.47 Å². The van der Waals surface area contributed by atoms with Crippen molar-refractivity contribution in [1.82, 2.24) is 0 Å². The lowest BCUT2D eigenvalue weighted by Gasteiger charge is -2.05. The van der Waals surface area contributed by atoms with Crippen molar-refractivity contribution in [3.63, 3.8) is 0 Å². The van der Waals surface area contributed by atoms with E-state index in [9.17, 15) is 4.79 Å².